The summed E-state index contributed by atoms with van der Waals surface area (Å²) in [6.07, 6.45) is 0.610. The SMILES string of the molecule is CC(C)(C)c1cc(NC(=O)Nc2ccc3c(c2)OCO3)n(-c2cccc(CCN=[N+]=[N-])c2)n1. The first-order chi connectivity index (χ1) is 15.8. The highest BCUT2D eigenvalue weighted by molar-refractivity contribution is 5.99. The highest BCUT2D eigenvalue weighted by Crippen LogP contribution is 2.34. The Morgan fingerprint density at radius 1 is 1.15 bits per heavy atom. The van der Waals surface area contributed by atoms with Crippen molar-refractivity contribution >= 4 is 17.5 Å². The fourth-order valence-electron chi connectivity index (χ4n) is 3.35. The van der Waals surface area contributed by atoms with Crippen molar-refractivity contribution in [3.05, 3.63) is 70.2 Å². The lowest BCUT2D eigenvalue weighted by Gasteiger charge is -2.14. The third-order valence-corrected chi connectivity index (χ3v) is 5.07. The van der Waals surface area contributed by atoms with E-state index in [1.165, 1.54) is 0 Å². The number of anilines is 2. The summed E-state index contributed by atoms with van der Waals surface area (Å²) >= 11 is 0. The quantitative estimate of drug-likeness (QED) is 0.298. The number of rotatable bonds is 6. The van der Waals surface area contributed by atoms with E-state index < -0.39 is 6.03 Å². The van der Waals surface area contributed by atoms with Crippen LogP contribution in [0.5, 0.6) is 11.5 Å². The molecule has 0 saturated heterocycles. The Morgan fingerprint density at radius 2 is 1.97 bits per heavy atom. The Kier molecular flexibility index (Phi) is 6.10. The Labute approximate surface area is 191 Å². The van der Waals surface area contributed by atoms with Gasteiger partial charge in [0, 0.05) is 34.7 Å². The minimum atomic E-state index is -0.407. The topological polar surface area (TPSA) is 126 Å². The summed E-state index contributed by atoms with van der Waals surface area (Å²) in [7, 11) is 0. The number of hydrogen-bond acceptors (Lipinski definition) is 5. The van der Waals surface area contributed by atoms with Gasteiger partial charge in [0.25, 0.3) is 0 Å². The molecule has 0 aliphatic carbocycles. The van der Waals surface area contributed by atoms with Crippen molar-refractivity contribution in [3.63, 3.8) is 0 Å². The van der Waals surface area contributed by atoms with E-state index in [1.807, 2.05) is 30.3 Å². The molecule has 10 nitrogen and oxygen atoms in total. The van der Waals surface area contributed by atoms with Gasteiger partial charge in [-0.3, -0.25) is 5.32 Å². The first kappa shape index (κ1) is 22.0. The number of hydrogen-bond donors (Lipinski definition) is 2. The average Bonchev–Trinajstić information content (AvgIpc) is 3.41. The summed E-state index contributed by atoms with van der Waals surface area (Å²) in [5.74, 6) is 1.77. The van der Waals surface area contributed by atoms with Crippen molar-refractivity contribution in [3.8, 4) is 17.2 Å². The van der Waals surface area contributed by atoms with Gasteiger partial charge in [0.2, 0.25) is 6.79 Å². The van der Waals surface area contributed by atoms with Crippen molar-refractivity contribution in [2.75, 3.05) is 24.0 Å². The van der Waals surface area contributed by atoms with Crippen LogP contribution in [0.15, 0.2) is 53.6 Å². The van der Waals surface area contributed by atoms with E-state index in [0.29, 0.717) is 36.0 Å². The minimum Gasteiger partial charge on any atom is -0.454 e. The van der Waals surface area contributed by atoms with E-state index in [0.717, 1.165) is 16.9 Å². The van der Waals surface area contributed by atoms with Gasteiger partial charge in [-0.05, 0) is 41.8 Å². The van der Waals surface area contributed by atoms with E-state index >= 15 is 0 Å². The monoisotopic (exact) mass is 447 g/mol. The van der Waals surface area contributed by atoms with Crippen LogP contribution in [-0.2, 0) is 11.8 Å². The first-order valence-corrected chi connectivity index (χ1v) is 10.5. The summed E-state index contributed by atoms with van der Waals surface area (Å²) in [5, 5.41) is 14.1. The highest BCUT2D eigenvalue weighted by Gasteiger charge is 2.22. The molecule has 33 heavy (non-hydrogen) atoms. The van der Waals surface area contributed by atoms with Crippen LogP contribution in [0, 0.1) is 0 Å². The Hall–Kier alpha value is -4.17. The number of urea groups is 1. The molecule has 3 aromatic rings. The number of benzene rings is 2. The molecule has 4 rings (SSSR count). The standard InChI is InChI=1S/C23H25N7O3/c1-23(2,3)20-13-21(27-22(31)26-16-7-8-18-19(12-16)33-14-32-18)30(28-20)17-6-4-5-15(11-17)9-10-25-29-24/h4-8,11-13H,9-10,14H2,1-3H3,(H2,26,27,31). The highest BCUT2D eigenvalue weighted by atomic mass is 16.7. The maximum atomic E-state index is 12.8. The van der Waals surface area contributed by atoms with Crippen molar-refractivity contribution in [2.45, 2.75) is 32.6 Å². The number of carbonyl (C=O) groups is 1. The van der Waals surface area contributed by atoms with Crippen LogP contribution in [0.3, 0.4) is 0 Å². The molecular weight excluding hydrogens is 422 g/mol. The molecule has 0 bridgehead atoms. The smallest absolute Gasteiger partial charge is 0.324 e. The van der Waals surface area contributed by atoms with Gasteiger partial charge in [-0.2, -0.15) is 5.10 Å². The van der Waals surface area contributed by atoms with E-state index in [2.05, 4.69) is 41.4 Å². The Morgan fingerprint density at radius 3 is 2.76 bits per heavy atom. The minimum absolute atomic E-state index is 0.168. The molecule has 0 unspecified atom stereocenters. The van der Waals surface area contributed by atoms with Crippen molar-refractivity contribution in [1.29, 1.82) is 0 Å². The molecule has 0 fully saturated rings. The molecule has 0 radical (unpaired) electrons. The molecule has 2 heterocycles. The number of nitrogens with zero attached hydrogens (tertiary/aromatic N) is 5. The molecule has 170 valence electrons. The zero-order valence-corrected chi connectivity index (χ0v) is 18.7. The predicted octanol–water partition coefficient (Wildman–Crippen LogP) is 5.40. The summed E-state index contributed by atoms with van der Waals surface area (Å²) < 4.78 is 12.4. The predicted molar refractivity (Wildman–Crippen MR) is 125 cm³/mol. The molecule has 0 spiro atoms. The summed E-state index contributed by atoms with van der Waals surface area (Å²) in [6, 6.07) is 14.4. The number of nitrogens with one attached hydrogen (secondary N) is 2. The molecule has 0 atom stereocenters. The Bertz CT molecular complexity index is 1220. The number of aromatic nitrogens is 2. The van der Waals surface area contributed by atoms with E-state index in [4.69, 9.17) is 20.1 Å². The second kappa shape index (κ2) is 9.13. The normalized spacial score (nSPS) is 12.2. The fraction of sp³-hybridized carbons (Fsp3) is 0.304. The van der Waals surface area contributed by atoms with Crippen molar-refractivity contribution < 1.29 is 14.3 Å². The van der Waals surface area contributed by atoms with E-state index in [1.54, 1.807) is 22.9 Å². The maximum Gasteiger partial charge on any atom is 0.324 e. The molecule has 1 aliphatic rings. The van der Waals surface area contributed by atoms with Crippen LogP contribution in [0.25, 0.3) is 16.1 Å². The van der Waals surface area contributed by atoms with Crippen LogP contribution in [-0.4, -0.2) is 29.1 Å². The lowest BCUT2D eigenvalue weighted by atomic mass is 9.92. The number of carbonyl (C=O) groups excluding carboxylic acids is 1. The Balaban J connectivity index is 1.58. The van der Waals surface area contributed by atoms with Gasteiger partial charge in [-0.25, -0.2) is 9.48 Å². The maximum absolute atomic E-state index is 12.8. The number of amides is 2. The molecular formula is C23H25N7O3. The molecule has 2 N–H and O–H groups in total. The lowest BCUT2D eigenvalue weighted by molar-refractivity contribution is 0.174. The van der Waals surface area contributed by atoms with Crippen molar-refractivity contribution in [1.82, 2.24) is 9.78 Å². The van der Waals surface area contributed by atoms with Crippen molar-refractivity contribution in [2.24, 2.45) is 5.11 Å². The molecule has 2 aromatic carbocycles. The number of fused-ring (bicyclic) bond motifs is 1. The van der Waals surface area contributed by atoms with Crippen LogP contribution in [0.1, 0.15) is 32.0 Å². The molecule has 2 amide bonds. The molecule has 1 aliphatic heterocycles. The van der Waals surface area contributed by atoms with E-state index in [9.17, 15) is 4.79 Å². The van der Waals surface area contributed by atoms with E-state index in [-0.39, 0.29) is 12.2 Å². The third-order valence-electron chi connectivity index (χ3n) is 5.07. The van der Waals surface area contributed by atoms with Gasteiger partial charge in [0.1, 0.15) is 5.82 Å². The molecule has 10 heteroatoms. The molecule has 0 saturated carbocycles. The van der Waals surface area contributed by atoms with Crippen LogP contribution < -0.4 is 20.1 Å². The second-order valence-electron chi connectivity index (χ2n) is 8.60. The van der Waals surface area contributed by atoms with Crippen LogP contribution in [0.2, 0.25) is 0 Å². The zero-order chi connectivity index (χ0) is 23.4. The number of ether oxygens (including phenoxy) is 2. The summed E-state index contributed by atoms with van der Waals surface area (Å²) in [6.45, 7) is 6.72. The van der Waals surface area contributed by atoms with Crippen LogP contribution in [0.4, 0.5) is 16.3 Å². The summed E-state index contributed by atoms with van der Waals surface area (Å²) in [5.41, 5.74) is 11.5. The molecule has 1 aromatic heterocycles. The van der Waals surface area contributed by atoms with Gasteiger partial charge >= 0.3 is 6.03 Å². The first-order valence-electron chi connectivity index (χ1n) is 10.5. The number of azide groups is 1. The van der Waals surface area contributed by atoms with Gasteiger partial charge < -0.3 is 14.8 Å². The lowest BCUT2D eigenvalue weighted by Crippen LogP contribution is -2.21. The second-order valence-corrected chi connectivity index (χ2v) is 8.60. The fourth-order valence-corrected chi connectivity index (χ4v) is 3.35. The summed E-state index contributed by atoms with van der Waals surface area (Å²) in [4.78, 5) is 15.6. The van der Waals surface area contributed by atoms with Crippen LogP contribution >= 0.6 is 0 Å². The zero-order valence-electron chi connectivity index (χ0n) is 18.7. The largest absolute Gasteiger partial charge is 0.454 e. The van der Waals surface area contributed by atoms with Gasteiger partial charge in [0.15, 0.2) is 11.5 Å². The average molecular weight is 447 g/mol. The third kappa shape index (κ3) is 5.19. The van der Waals surface area contributed by atoms with Gasteiger partial charge in [-0.15, -0.1) is 0 Å². The van der Waals surface area contributed by atoms with Gasteiger partial charge in [0.05, 0.1) is 11.4 Å². The van der Waals surface area contributed by atoms with Gasteiger partial charge in [-0.1, -0.05) is 38.0 Å².